The number of rotatable bonds is 5. The lowest BCUT2D eigenvalue weighted by molar-refractivity contribution is -0.122. The molecule has 6 nitrogen and oxygen atoms in total. The van der Waals surface area contributed by atoms with Crippen LogP contribution >= 0.6 is 47.3 Å². The number of amides is 2. The van der Waals surface area contributed by atoms with E-state index in [1.807, 2.05) is 54.3 Å². The fraction of sp³-hybridized carbons (Fsp3) is 0.250. The monoisotopic (exact) mass is 478 g/mol. The number of nitrogens with zero attached hydrogens (tertiary/aromatic N) is 1. The molecule has 0 aliphatic carbocycles. The Labute approximate surface area is 193 Å². The molecule has 2 aliphatic rings. The number of thioether (sulfide) groups is 2. The Hall–Kier alpha value is -1.78. The van der Waals surface area contributed by atoms with Crippen molar-refractivity contribution in [3.63, 3.8) is 0 Å². The van der Waals surface area contributed by atoms with Gasteiger partial charge in [-0.05, 0) is 36.8 Å². The first-order valence-corrected chi connectivity index (χ1v) is 11.9. The second-order valence-electron chi connectivity index (χ2n) is 6.83. The van der Waals surface area contributed by atoms with Crippen molar-refractivity contribution in [2.24, 2.45) is 0 Å². The second kappa shape index (κ2) is 9.15. The van der Waals surface area contributed by atoms with Crippen LogP contribution in [-0.2, 0) is 9.59 Å². The third-order valence-corrected chi connectivity index (χ3v) is 7.75. The SMILES string of the molecule is Cc1ccc(NC(=O)CSC2NC(=O)C3SC(=S)N(c4ccccc4)C3N2)cc1Cl. The van der Waals surface area contributed by atoms with Crippen molar-refractivity contribution in [2.75, 3.05) is 16.0 Å². The van der Waals surface area contributed by atoms with Gasteiger partial charge in [0.2, 0.25) is 11.8 Å². The molecule has 156 valence electrons. The zero-order valence-corrected chi connectivity index (χ0v) is 19.1. The molecular formula is C20H19ClN4O2S3. The topological polar surface area (TPSA) is 73.5 Å². The van der Waals surface area contributed by atoms with Crippen LogP contribution in [0.15, 0.2) is 48.5 Å². The highest BCUT2D eigenvalue weighted by Gasteiger charge is 2.47. The van der Waals surface area contributed by atoms with Crippen molar-refractivity contribution < 1.29 is 9.59 Å². The molecule has 2 amide bonds. The van der Waals surface area contributed by atoms with Crippen LogP contribution in [0.25, 0.3) is 0 Å². The average molecular weight is 479 g/mol. The smallest absolute Gasteiger partial charge is 0.238 e. The van der Waals surface area contributed by atoms with Crippen molar-refractivity contribution in [1.82, 2.24) is 10.6 Å². The lowest BCUT2D eigenvalue weighted by atomic mass is 10.2. The van der Waals surface area contributed by atoms with Crippen LogP contribution < -0.4 is 20.9 Å². The highest BCUT2D eigenvalue weighted by molar-refractivity contribution is 8.24. The van der Waals surface area contributed by atoms with E-state index in [1.165, 1.54) is 23.5 Å². The van der Waals surface area contributed by atoms with Crippen molar-refractivity contribution in [2.45, 2.75) is 23.8 Å². The Morgan fingerprint density at radius 2 is 2.07 bits per heavy atom. The zero-order valence-electron chi connectivity index (χ0n) is 15.9. The number of aryl methyl sites for hydroxylation is 1. The Balaban J connectivity index is 1.38. The molecule has 3 unspecified atom stereocenters. The van der Waals surface area contributed by atoms with Crippen LogP contribution in [0.5, 0.6) is 0 Å². The number of benzene rings is 2. The summed E-state index contributed by atoms with van der Waals surface area (Å²) < 4.78 is 0.651. The van der Waals surface area contributed by atoms with E-state index in [-0.39, 0.29) is 29.0 Å². The average Bonchev–Trinajstić information content (AvgIpc) is 3.06. The maximum atomic E-state index is 12.6. The summed E-state index contributed by atoms with van der Waals surface area (Å²) in [6.07, 6.45) is -0.268. The van der Waals surface area contributed by atoms with E-state index in [9.17, 15) is 9.59 Å². The molecule has 2 heterocycles. The molecule has 0 spiro atoms. The second-order valence-corrected chi connectivity index (χ2v) is 10.1. The first kappa shape index (κ1) is 21.5. The number of carbonyl (C=O) groups excluding carboxylic acids is 2. The van der Waals surface area contributed by atoms with Gasteiger partial charge in [-0.15, -0.1) is 11.8 Å². The van der Waals surface area contributed by atoms with Gasteiger partial charge in [-0.1, -0.05) is 59.8 Å². The minimum Gasteiger partial charge on any atom is -0.331 e. The third kappa shape index (κ3) is 4.60. The number of carbonyl (C=O) groups is 2. The van der Waals surface area contributed by atoms with Crippen molar-refractivity contribution in [1.29, 1.82) is 0 Å². The third-order valence-electron chi connectivity index (χ3n) is 4.71. The van der Waals surface area contributed by atoms with E-state index >= 15 is 0 Å². The minimum absolute atomic E-state index is 0.0900. The molecule has 2 aromatic rings. The highest BCUT2D eigenvalue weighted by Crippen LogP contribution is 2.37. The van der Waals surface area contributed by atoms with Gasteiger partial charge in [0.15, 0.2) is 0 Å². The summed E-state index contributed by atoms with van der Waals surface area (Å²) in [5.74, 6) is -0.0916. The molecule has 30 heavy (non-hydrogen) atoms. The van der Waals surface area contributed by atoms with Crippen LogP contribution in [0, 0.1) is 6.92 Å². The first-order valence-electron chi connectivity index (χ1n) is 9.21. The van der Waals surface area contributed by atoms with E-state index in [0.29, 0.717) is 15.0 Å². The molecular weight excluding hydrogens is 460 g/mol. The number of para-hydroxylation sites is 1. The summed E-state index contributed by atoms with van der Waals surface area (Å²) in [5.41, 5.74) is 2.12. The van der Waals surface area contributed by atoms with Gasteiger partial charge >= 0.3 is 0 Å². The number of fused-ring (bicyclic) bond motifs is 1. The van der Waals surface area contributed by atoms with Gasteiger partial charge in [0, 0.05) is 16.4 Å². The van der Waals surface area contributed by atoms with Crippen molar-refractivity contribution in [3.8, 4) is 0 Å². The van der Waals surface area contributed by atoms with Crippen LogP contribution in [0.2, 0.25) is 5.02 Å². The molecule has 2 aromatic carbocycles. The lowest BCUT2D eigenvalue weighted by Crippen LogP contribution is -2.64. The molecule has 4 rings (SSSR count). The van der Waals surface area contributed by atoms with E-state index < -0.39 is 5.50 Å². The van der Waals surface area contributed by atoms with Crippen molar-refractivity contribution >= 4 is 74.9 Å². The largest absolute Gasteiger partial charge is 0.331 e. The Morgan fingerprint density at radius 3 is 2.80 bits per heavy atom. The van der Waals surface area contributed by atoms with Gasteiger partial charge < -0.3 is 15.5 Å². The standard InChI is InChI=1S/C20H19ClN4O2S3/c1-11-7-8-12(9-14(11)21)22-15(26)10-29-19-23-17-16(18(27)24-19)30-20(28)25(17)13-5-3-2-4-6-13/h2-9,16-17,19,23H,10H2,1H3,(H,22,26)(H,24,27). The summed E-state index contributed by atoms with van der Waals surface area (Å²) in [6.45, 7) is 1.90. The van der Waals surface area contributed by atoms with Crippen LogP contribution in [0.3, 0.4) is 0 Å². The molecule has 2 fully saturated rings. The van der Waals surface area contributed by atoms with Crippen LogP contribution in [-0.4, -0.2) is 38.8 Å². The van der Waals surface area contributed by atoms with E-state index in [4.69, 9.17) is 23.8 Å². The summed E-state index contributed by atoms with van der Waals surface area (Å²) in [7, 11) is 0. The summed E-state index contributed by atoms with van der Waals surface area (Å²) in [6, 6.07) is 15.1. The van der Waals surface area contributed by atoms with Crippen molar-refractivity contribution in [3.05, 3.63) is 59.1 Å². The molecule has 3 N–H and O–H groups in total. The van der Waals surface area contributed by atoms with Gasteiger partial charge in [-0.25, -0.2) is 0 Å². The molecule has 0 radical (unpaired) electrons. The van der Waals surface area contributed by atoms with E-state index in [1.54, 1.807) is 6.07 Å². The fourth-order valence-corrected chi connectivity index (χ4v) is 5.81. The zero-order chi connectivity index (χ0) is 21.3. The summed E-state index contributed by atoms with van der Waals surface area (Å²) in [5, 5.41) is 9.42. The van der Waals surface area contributed by atoms with E-state index in [2.05, 4.69) is 16.0 Å². The van der Waals surface area contributed by atoms with Gasteiger partial charge in [0.05, 0.1) is 5.75 Å². The van der Waals surface area contributed by atoms with Gasteiger partial charge in [-0.2, -0.15) is 0 Å². The van der Waals surface area contributed by atoms with Crippen LogP contribution in [0.4, 0.5) is 11.4 Å². The van der Waals surface area contributed by atoms with Gasteiger partial charge in [-0.3, -0.25) is 14.9 Å². The molecule has 10 heteroatoms. The Morgan fingerprint density at radius 1 is 1.30 bits per heavy atom. The summed E-state index contributed by atoms with van der Waals surface area (Å²) >= 11 is 14.3. The Kier molecular flexibility index (Phi) is 6.54. The number of halogens is 1. The molecule has 2 saturated heterocycles. The van der Waals surface area contributed by atoms with Gasteiger partial charge in [0.25, 0.3) is 0 Å². The lowest BCUT2D eigenvalue weighted by Gasteiger charge is -2.36. The fourth-order valence-electron chi connectivity index (χ4n) is 3.22. The molecule has 0 bridgehead atoms. The number of hydrogen-bond acceptors (Lipinski definition) is 6. The number of nitrogens with one attached hydrogen (secondary N) is 3. The number of thiocarbonyl (C=S) groups is 1. The van der Waals surface area contributed by atoms with E-state index in [0.717, 1.165) is 11.3 Å². The maximum Gasteiger partial charge on any atom is 0.238 e. The quantitative estimate of drug-likeness (QED) is 0.567. The minimum atomic E-state index is -0.404. The number of anilines is 2. The summed E-state index contributed by atoms with van der Waals surface area (Å²) in [4.78, 5) is 26.9. The molecule has 0 aromatic heterocycles. The van der Waals surface area contributed by atoms with Gasteiger partial charge in [0.1, 0.15) is 21.2 Å². The highest BCUT2D eigenvalue weighted by atomic mass is 35.5. The van der Waals surface area contributed by atoms with Crippen LogP contribution in [0.1, 0.15) is 5.56 Å². The maximum absolute atomic E-state index is 12.6. The molecule has 2 aliphatic heterocycles. The first-order chi connectivity index (χ1) is 14.4. The molecule has 0 saturated carbocycles. The number of hydrogen-bond donors (Lipinski definition) is 3. The normalized spacial score (nSPS) is 23.1. The predicted octanol–water partition coefficient (Wildman–Crippen LogP) is 3.56. The Bertz CT molecular complexity index is 991. The predicted molar refractivity (Wildman–Crippen MR) is 129 cm³/mol. The molecule has 3 atom stereocenters.